The number of anilines is 2. The number of hydrazone groups is 1. The molecule has 0 aliphatic heterocycles. The Bertz CT molecular complexity index is 1440. The van der Waals surface area contributed by atoms with E-state index in [1.165, 1.54) is 13.3 Å². The van der Waals surface area contributed by atoms with E-state index in [1.54, 1.807) is 55.5 Å². The molecule has 0 saturated carbocycles. The van der Waals surface area contributed by atoms with Crippen LogP contribution in [0.4, 0.5) is 11.4 Å². The molecular formula is C30H32N4O7. The summed E-state index contributed by atoms with van der Waals surface area (Å²) in [6.07, 6.45) is 0.996. The topological polar surface area (TPSA) is 144 Å². The molecule has 3 aromatic carbocycles. The number of nitrogens with one attached hydrogen (secondary N) is 3. The molecule has 0 unspecified atom stereocenters. The molecule has 0 radical (unpaired) electrons. The maximum Gasteiger partial charge on any atom is 0.338 e. The van der Waals surface area contributed by atoms with E-state index in [1.807, 2.05) is 26.0 Å². The number of nitrogens with zero attached hydrogens (tertiary/aromatic N) is 1. The number of esters is 1. The Labute approximate surface area is 237 Å². The van der Waals surface area contributed by atoms with E-state index < -0.39 is 30.1 Å². The summed E-state index contributed by atoms with van der Waals surface area (Å²) in [7, 11) is 1.45. The lowest BCUT2D eigenvalue weighted by Crippen LogP contribution is -2.24. The molecule has 0 fully saturated rings. The van der Waals surface area contributed by atoms with E-state index >= 15 is 0 Å². The van der Waals surface area contributed by atoms with Gasteiger partial charge in [-0.05, 0) is 92.1 Å². The fraction of sp³-hybridized carbons (Fsp3) is 0.233. The standard InChI is InChI=1S/C30H32N4O7/c1-5-40-30(38)22-8-11-23(12-9-22)32-29(37)18-41-25-13-7-21(15-26(25)39-4)17-31-34-28(36)16-27(35)33-24-10-6-19(2)20(3)14-24/h6-15,17H,5,16,18H2,1-4H3,(H,32,37)(H,33,35)(H,34,36). The minimum absolute atomic E-state index is 0.276. The van der Waals surface area contributed by atoms with Crippen molar-refractivity contribution in [2.75, 3.05) is 31.0 Å². The van der Waals surface area contributed by atoms with Crippen molar-refractivity contribution in [3.8, 4) is 11.5 Å². The molecule has 0 spiro atoms. The lowest BCUT2D eigenvalue weighted by atomic mass is 10.1. The van der Waals surface area contributed by atoms with Crippen molar-refractivity contribution in [1.29, 1.82) is 0 Å². The predicted molar refractivity (Wildman–Crippen MR) is 154 cm³/mol. The molecule has 3 N–H and O–H groups in total. The van der Waals surface area contributed by atoms with Crippen LogP contribution in [-0.4, -0.2) is 50.2 Å². The summed E-state index contributed by atoms with van der Waals surface area (Å²) in [5.41, 5.74) is 6.53. The number of ether oxygens (including phenoxy) is 3. The van der Waals surface area contributed by atoms with Gasteiger partial charge in [0.2, 0.25) is 11.8 Å². The Morgan fingerprint density at radius 2 is 1.51 bits per heavy atom. The number of methoxy groups -OCH3 is 1. The second kappa shape index (κ2) is 14.8. The molecule has 0 aliphatic rings. The van der Waals surface area contributed by atoms with Crippen LogP contribution in [0.15, 0.2) is 65.8 Å². The lowest BCUT2D eigenvalue weighted by molar-refractivity contribution is -0.126. The summed E-state index contributed by atoms with van der Waals surface area (Å²) < 4.78 is 15.9. The molecule has 214 valence electrons. The number of hydrogen-bond donors (Lipinski definition) is 3. The van der Waals surface area contributed by atoms with Gasteiger partial charge in [-0.3, -0.25) is 14.4 Å². The van der Waals surface area contributed by atoms with Crippen molar-refractivity contribution in [2.24, 2.45) is 5.10 Å². The van der Waals surface area contributed by atoms with Crippen LogP contribution in [0.1, 0.15) is 40.4 Å². The van der Waals surface area contributed by atoms with E-state index in [4.69, 9.17) is 14.2 Å². The molecule has 0 bridgehead atoms. The number of carbonyl (C=O) groups excluding carboxylic acids is 4. The van der Waals surface area contributed by atoms with Crippen molar-refractivity contribution >= 4 is 41.3 Å². The first kappa shape index (κ1) is 30.4. The van der Waals surface area contributed by atoms with Gasteiger partial charge < -0.3 is 24.8 Å². The summed E-state index contributed by atoms with van der Waals surface area (Å²) >= 11 is 0. The van der Waals surface area contributed by atoms with Gasteiger partial charge in [-0.2, -0.15) is 5.10 Å². The van der Waals surface area contributed by atoms with Crippen LogP contribution >= 0.6 is 0 Å². The average molecular weight is 561 g/mol. The first-order chi connectivity index (χ1) is 19.7. The summed E-state index contributed by atoms with van der Waals surface area (Å²) in [5, 5.41) is 9.26. The molecule has 0 heterocycles. The third-order valence-electron chi connectivity index (χ3n) is 5.74. The Morgan fingerprint density at radius 3 is 2.20 bits per heavy atom. The summed E-state index contributed by atoms with van der Waals surface area (Å²) in [6, 6.07) is 16.7. The van der Waals surface area contributed by atoms with Crippen LogP contribution in [0.5, 0.6) is 11.5 Å². The van der Waals surface area contributed by atoms with Gasteiger partial charge in [-0.1, -0.05) is 6.07 Å². The zero-order valence-corrected chi connectivity index (χ0v) is 23.3. The largest absolute Gasteiger partial charge is 0.493 e. The smallest absolute Gasteiger partial charge is 0.338 e. The second-order valence-electron chi connectivity index (χ2n) is 8.86. The minimum Gasteiger partial charge on any atom is -0.493 e. The van der Waals surface area contributed by atoms with Crippen molar-refractivity contribution in [1.82, 2.24) is 5.43 Å². The molecule has 3 amide bonds. The third kappa shape index (κ3) is 9.50. The Kier molecular flexibility index (Phi) is 11.0. The monoisotopic (exact) mass is 560 g/mol. The zero-order chi connectivity index (χ0) is 29.8. The van der Waals surface area contributed by atoms with Gasteiger partial charge in [0, 0.05) is 11.4 Å². The second-order valence-corrected chi connectivity index (χ2v) is 8.86. The van der Waals surface area contributed by atoms with Gasteiger partial charge in [-0.15, -0.1) is 0 Å². The SMILES string of the molecule is CCOC(=O)c1ccc(NC(=O)COc2ccc(C=NNC(=O)CC(=O)Nc3ccc(C)c(C)c3)cc2OC)cc1. The molecular weight excluding hydrogens is 528 g/mol. The average Bonchev–Trinajstić information content (AvgIpc) is 2.94. The van der Waals surface area contributed by atoms with Gasteiger partial charge in [0.1, 0.15) is 6.42 Å². The summed E-state index contributed by atoms with van der Waals surface area (Å²) in [4.78, 5) is 48.3. The molecule has 0 aromatic heterocycles. The minimum atomic E-state index is -0.573. The highest BCUT2D eigenvalue weighted by atomic mass is 16.5. The van der Waals surface area contributed by atoms with E-state index in [0.29, 0.717) is 34.0 Å². The zero-order valence-electron chi connectivity index (χ0n) is 23.3. The van der Waals surface area contributed by atoms with Crippen molar-refractivity contribution in [3.05, 3.63) is 82.9 Å². The summed E-state index contributed by atoms with van der Waals surface area (Å²) in [5.74, 6) is -1.21. The predicted octanol–water partition coefficient (Wildman–Crippen LogP) is 3.99. The highest BCUT2D eigenvalue weighted by Crippen LogP contribution is 2.27. The number of amides is 3. The Balaban J connectivity index is 1.47. The van der Waals surface area contributed by atoms with Crippen LogP contribution in [-0.2, 0) is 19.1 Å². The van der Waals surface area contributed by atoms with E-state index in [0.717, 1.165) is 11.1 Å². The number of benzene rings is 3. The van der Waals surface area contributed by atoms with Gasteiger partial charge >= 0.3 is 5.97 Å². The van der Waals surface area contributed by atoms with Crippen molar-refractivity contribution in [3.63, 3.8) is 0 Å². The fourth-order valence-electron chi connectivity index (χ4n) is 3.52. The van der Waals surface area contributed by atoms with Crippen LogP contribution in [0.25, 0.3) is 0 Å². The molecule has 3 rings (SSSR count). The maximum absolute atomic E-state index is 12.3. The van der Waals surface area contributed by atoms with E-state index in [9.17, 15) is 19.2 Å². The molecule has 41 heavy (non-hydrogen) atoms. The lowest BCUT2D eigenvalue weighted by Gasteiger charge is -2.11. The molecule has 11 nitrogen and oxygen atoms in total. The molecule has 0 saturated heterocycles. The first-order valence-corrected chi connectivity index (χ1v) is 12.8. The molecule has 0 aliphatic carbocycles. The van der Waals surface area contributed by atoms with Gasteiger partial charge in [0.25, 0.3) is 5.91 Å². The molecule has 3 aromatic rings. The molecule has 11 heteroatoms. The van der Waals surface area contributed by atoms with E-state index in [2.05, 4.69) is 21.2 Å². The molecule has 0 atom stereocenters. The van der Waals surface area contributed by atoms with Gasteiger partial charge in [0.15, 0.2) is 18.1 Å². The Morgan fingerprint density at radius 1 is 0.805 bits per heavy atom. The highest BCUT2D eigenvalue weighted by molar-refractivity contribution is 6.03. The van der Waals surface area contributed by atoms with Crippen LogP contribution < -0.4 is 25.5 Å². The van der Waals surface area contributed by atoms with Gasteiger partial charge in [0.05, 0.1) is 25.5 Å². The van der Waals surface area contributed by atoms with Gasteiger partial charge in [-0.25, -0.2) is 10.2 Å². The number of carbonyl (C=O) groups is 4. The van der Waals surface area contributed by atoms with Crippen LogP contribution in [0.2, 0.25) is 0 Å². The quantitative estimate of drug-likeness (QED) is 0.131. The Hall–Kier alpha value is -5.19. The summed E-state index contributed by atoms with van der Waals surface area (Å²) in [6.45, 7) is 5.62. The fourth-order valence-corrected chi connectivity index (χ4v) is 3.52. The first-order valence-electron chi connectivity index (χ1n) is 12.8. The van der Waals surface area contributed by atoms with Crippen LogP contribution in [0.3, 0.4) is 0 Å². The highest BCUT2D eigenvalue weighted by Gasteiger charge is 2.12. The number of aryl methyl sites for hydroxylation is 2. The maximum atomic E-state index is 12.3. The normalized spacial score (nSPS) is 10.5. The van der Waals surface area contributed by atoms with E-state index in [-0.39, 0.29) is 13.2 Å². The van der Waals surface area contributed by atoms with Crippen molar-refractivity contribution < 1.29 is 33.4 Å². The number of hydrogen-bond acceptors (Lipinski definition) is 8. The van der Waals surface area contributed by atoms with Crippen molar-refractivity contribution in [2.45, 2.75) is 27.2 Å². The number of rotatable bonds is 12. The third-order valence-corrected chi connectivity index (χ3v) is 5.74. The van der Waals surface area contributed by atoms with Crippen LogP contribution in [0, 0.1) is 13.8 Å².